The van der Waals surface area contributed by atoms with Gasteiger partial charge in [-0.3, -0.25) is 15.0 Å². The number of hydrogen-bond donors (Lipinski definition) is 3. The van der Waals surface area contributed by atoms with E-state index in [1.54, 1.807) is 12.1 Å². The third kappa shape index (κ3) is 4.67. The van der Waals surface area contributed by atoms with Crippen LogP contribution in [0.2, 0.25) is 0 Å². The Morgan fingerprint density at radius 3 is 3.10 bits per heavy atom. The maximum atomic E-state index is 11.7. The molecular formula is C13H20N4O3. The van der Waals surface area contributed by atoms with Gasteiger partial charge in [0.2, 0.25) is 5.91 Å². The molecule has 0 aromatic carbocycles. The summed E-state index contributed by atoms with van der Waals surface area (Å²) < 4.78 is 5.08. The Morgan fingerprint density at radius 1 is 1.55 bits per heavy atom. The van der Waals surface area contributed by atoms with E-state index < -0.39 is 6.03 Å². The van der Waals surface area contributed by atoms with Crippen LogP contribution in [0.15, 0.2) is 22.8 Å². The highest BCUT2D eigenvalue weighted by Gasteiger charge is 2.18. The lowest BCUT2D eigenvalue weighted by Crippen LogP contribution is -2.52. The summed E-state index contributed by atoms with van der Waals surface area (Å²) in [6, 6.07) is 3.36. The van der Waals surface area contributed by atoms with E-state index in [-0.39, 0.29) is 19.0 Å². The minimum Gasteiger partial charge on any atom is -0.467 e. The first-order valence-electron chi connectivity index (χ1n) is 6.69. The normalized spacial score (nSPS) is 19.6. The van der Waals surface area contributed by atoms with Crippen LogP contribution in [0.3, 0.4) is 0 Å². The molecule has 3 N–H and O–H groups in total. The SMILES string of the molecule is C[C@H]1CN(CC(=O)NC(=O)NCc2ccco2)CCN1. The smallest absolute Gasteiger partial charge is 0.321 e. The summed E-state index contributed by atoms with van der Waals surface area (Å²) in [6.45, 7) is 5.05. The molecule has 0 saturated carbocycles. The van der Waals surface area contributed by atoms with Crippen molar-refractivity contribution in [3.63, 3.8) is 0 Å². The Balaban J connectivity index is 1.67. The molecular weight excluding hydrogens is 260 g/mol. The van der Waals surface area contributed by atoms with E-state index in [4.69, 9.17) is 4.42 Å². The molecule has 0 bridgehead atoms. The van der Waals surface area contributed by atoms with E-state index in [9.17, 15) is 9.59 Å². The van der Waals surface area contributed by atoms with Gasteiger partial charge in [-0.05, 0) is 19.1 Å². The second kappa shape index (κ2) is 7.06. The fourth-order valence-corrected chi connectivity index (χ4v) is 2.15. The van der Waals surface area contributed by atoms with Gasteiger partial charge >= 0.3 is 6.03 Å². The highest BCUT2D eigenvalue weighted by molar-refractivity contribution is 5.95. The molecule has 1 atom stereocenters. The van der Waals surface area contributed by atoms with E-state index in [2.05, 4.69) is 22.9 Å². The van der Waals surface area contributed by atoms with Gasteiger partial charge in [0, 0.05) is 25.7 Å². The molecule has 1 fully saturated rings. The maximum absolute atomic E-state index is 11.7. The summed E-state index contributed by atoms with van der Waals surface area (Å²) >= 11 is 0. The molecule has 1 aliphatic heterocycles. The predicted molar refractivity (Wildman–Crippen MR) is 73.0 cm³/mol. The summed E-state index contributed by atoms with van der Waals surface area (Å²) in [4.78, 5) is 25.3. The van der Waals surface area contributed by atoms with E-state index in [0.29, 0.717) is 11.8 Å². The van der Waals surface area contributed by atoms with Gasteiger partial charge in [-0.2, -0.15) is 0 Å². The van der Waals surface area contributed by atoms with Crippen LogP contribution < -0.4 is 16.0 Å². The molecule has 7 heteroatoms. The van der Waals surface area contributed by atoms with Crippen LogP contribution in [0, 0.1) is 0 Å². The minimum absolute atomic E-state index is 0.236. The zero-order valence-electron chi connectivity index (χ0n) is 11.5. The number of rotatable bonds is 4. The average molecular weight is 280 g/mol. The van der Waals surface area contributed by atoms with Crippen LogP contribution in [0.5, 0.6) is 0 Å². The second-order valence-electron chi connectivity index (χ2n) is 4.90. The lowest BCUT2D eigenvalue weighted by atomic mass is 10.2. The fraction of sp³-hybridized carbons (Fsp3) is 0.538. The first kappa shape index (κ1) is 14.5. The van der Waals surface area contributed by atoms with E-state index in [1.807, 2.05) is 4.90 Å². The van der Waals surface area contributed by atoms with Gasteiger partial charge in [0.25, 0.3) is 0 Å². The third-order valence-electron chi connectivity index (χ3n) is 3.08. The topological polar surface area (TPSA) is 86.6 Å². The number of imide groups is 1. The van der Waals surface area contributed by atoms with Crippen molar-refractivity contribution in [1.29, 1.82) is 0 Å². The van der Waals surface area contributed by atoms with Gasteiger partial charge in [-0.25, -0.2) is 4.79 Å². The van der Waals surface area contributed by atoms with Gasteiger partial charge in [-0.15, -0.1) is 0 Å². The van der Waals surface area contributed by atoms with Gasteiger partial charge in [0.15, 0.2) is 0 Å². The van der Waals surface area contributed by atoms with Gasteiger partial charge in [0.1, 0.15) is 5.76 Å². The average Bonchev–Trinajstić information content (AvgIpc) is 2.89. The van der Waals surface area contributed by atoms with Crippen LogP contribution in [0.4, 0.5) is 4.79 Å². The number of amides is 3. The van der Waals surface area contributed by atoms with Crippen LogP contribution in [0.1, 0.15) is 12.7 Å². The highest BCUT2D eigenvalue weighted by atomic mass is 16.3. The zero-order valence-corrected chi connectivity index (χ0v) is 11.5. The van der Waals surface area contributed by atoms with Crippen LogP contribution in [-0.4, -0.2) is 49.1 Å². The monoisotopic (exact) mass is 280 g/mol. The van der Waals surface area contributed by atoms with E-state index in [0.717, 1.165) is 19.6 Å². The number of urea groups is 1. The fourth-order valence-electron chi connectivity index (χ4n) is 2.15. The Kier molecular flexibility index (Phi) is 5.14. The second-order valence-corrected chi connectivity index (χ2v) is 4.90. The van der Waals surface area contributed by atoms with Crippen LogP contribution in [-0.2, 0) is 11.3 Å². The lowest BCUT2D eigenvalue weighted by molar-refractivity contribution is -0.121. The molecule has 1 saturated heterocycles. The van der Waals surface area contributed by atoms with Crippen molar-refractivity contribution in [2.45, 2.75) is 19.5 Å². The van der Waals surface area contributed by atoms with Crippen molar-refractivity contribution in [3.05, 3.63) is 24.2 Å². The summed E-state index contributed by atoms with van der Waals surface area (Å²) in [5.41, 5.74) is 0. The molecule has 1 aromatic rings. The first-order valence-corrected chi connectivity index (χ1v) is 6.69. The molecule has 20 heavy (non-hydrogen) atoms. The molecule has 2 heterocycles. The number of carbonyl (C=O) groups excluding carboxylic acids is 2. The number of furan rings is 1. The molecule has 0 unspecified atom stereocenters. The molecule has 7 nitrogen and oxygen atoms in total. The van der Waals surface area contributed by atoms with Crippen LogP contribution >= 0.6 is 0 Å². The molecule has 0 aliphatic carbocycles. The minimum atomic E-state index is -0.505. The van der Waals surface area contributed by atoms with Gasteiger partial charge in [-0.1, -0.05) is 0 Å². The number of hydrogen-bond acceptors (Lipinski definition) is 5. The molecule has 0 spiro atoms. The Morgan fingerprint density at radius 2 is 2.40 bits per heavy atom. The molecule has 2 rings (SSSR count). The Hall–Kier alpha value is -1.86. The number of nitrogens with zero attached hydrogens (tertiary/aromatic N) is 1. The van der Waals surface area contributed by atoms with Crippen molar-refractivity contribution in [3.8, 4) is 0 Å². The van der Waals surface area contributed by atoms with Crippen molar-refractivity contribution < 1.29 is 14.0 Å². The Bertz CT molecular complexity index is 446. The van der Waals surface area contributed by atoms with Crippen molar-refractivity contribution in [2.24, 2.45) is 0 Å². The molecule has 1 aromatic heterocycles. The number of piperazine rings is 1. The summed E-state index contributed by atoms with van der Waals surface area (Å²) in [5, 5.41) is 8.18. The summed E-state index contributed by atoms with van der Waals surface area (Å²) in [5.74, 6) is 0.347. The summed E-state index contributed by atoms with van der Waals surface area (Å²) in [7, 11) is 0. The number of carbonyl (C=O) groups is 2. The molecule has 110 valence electrons. The predicted octanol–water partition coefficient (Wildman–Crippen LogP) is -0.101. The zero-order chi connectivity index (χ0) is 14.4. The highest BCUT2D eigenvalue weighted by Crippen LogP contribution is 1.99. The van der Waals surface area contributed by atoms with E-state index in [1.165, 1.54) is 6.26 Å². The van der Waals surface area contributed by atoms with Gasteiger partial charge in [0.05, 0.1) is 19.4 Å². The van der Waals surface area contributed by atoms with E-state index >= 15 is 0 Å². The first-order chi connectivity index (χ1) is 9.63. The Labute approximate surface area is 117 Å². The molecule has 1 aliphatic rings. The number of nitrogens with one attached hydrogen (secondary N) is 3. The largest absolute Gasteiger partial charge is 0.467 e. The van der Waals surface area contributed by atoms with Crippen LogP contribution in [0.25, 0.3) is 0 Å². The quantitative estimate of drug-likeness (QED) is 0.717. The van der Waals surface area contributed by atoms with Gasteiger partial charge < -0.3 is 15.1 Å². The molecule has 0 radical (unpaired) electrons. The standard InChI is InChI=1S/C13H20N4O3/c1-10-8-17(5-4-14-10)9-12(18)16-13(19)15-7-11-3-2-6-20-11/h2-3,6,10,14H,4-5,7-9H2,1H3,(H2,15,16,18,19)/t10-/m0/s1. The molecule has 3 amide bonds. The van der Waals surface area contributed by atoms with Crippen molar-refractivity contribution in [1.82, 2.24) is 20.9 Å². The third-order valence-corrected chi connectivity index (χ3v) is 3.08. The van der Waals surface area contributed by atoms with Crippen molar-refractivity contribution in [2.75, 3.05) is 26.2 Å². The lowest BCUT2D eigenvalue weighted by Gasteiger charge is -2.31. The van der Waals surface area contributed by atoms with Crippen molar-refractivity contribution >= 4 is 11.9 Å². The summed E-state index contributed by atoms with van der Waals surface area (Å²) in [6.07, 6.45) is 1.53. The maximum Gasteiger partial charge on any atom is 0.321 e.